The lowest BCUT2D eigenvalue weighted by atomic mass is 9.87. The van der Waals surface area contributed by atoms with E-state index in [2.05, 4.69) is 23.5 Å². The SMILES string of the molecule is COc1cccc(CC(=O)NC2CCCc3ccc(OCc4cccc5cc(C#N)ccc45)cc32)c1. The van der Waals surface area contributed by atoms with Gasteiger partial charge in [-0.3, -0.25) is 4.79 Å². The molecular formula is C31H28N2O3. The standard InChI is InChI=1S/C31H28N2O3/c1-35-26-9-2-5-21(16-26)17-31(34)33-30-10-4-6-23-12-13-27(18-29(23)30)36-20-25-8-3-7-24-15-22(19-32)11-14-28(24)25/h2-3,5,7-9,11-16,18,30H,4,6,10,17,20H2,1H3,(H,33,34). The Hall–Kier alpha value is -4.30. The van der Waals surface area contributed by atoms with Gasteiger partial charge in [0, 0.05) is 0 Å². The molecule has 0 saturated heterocycles. The zero-order valence-corrected chi connectivity index (χ0v) is 20.3. The number of rotatable bonds is 7. The van der Waals surface area contributed by atoms with Crippen LogP contribution < -0.4 is 14.8 Å². The van der Waals surface area contributed by atoms with Gasteiger partial charge >= 0.3 is 0 Å². The highest BCUT2D eigenvalue weighted by atomic mass is 16.5. The molecule has 0 aliphatic heterocycles. The average Bonchev–Trinajstić information content (AvgIpc) is 2.91. The Labute approximate surface area is 211 Å². The summed E-state index contributed by atoms with van der Waals surface area (Å²) >= 11 is 0. The van der Waals surface area contributed by atoms with Crippen molar-refractivity contribution in [3.05, 3.63) is 107 Å². The van der Waals surface area contributed by atoms with Crippen molar-refractivity contribution in [1.29, 1.82) is 5.26 Å². The summed E-state index contributed by atoms with van der Waals surface area (Å²) in [7, 11) is 1.63. The van der Waals surface area contributed by atoms with E-state index in [1.807, 2.05) is 66.7 Å². The van der Waals surface area contributed by atoms with Gasteiger partial charge in [-0.05, 0) is 88.7 Å². The first-order chi connectivity index (χ1) is 17.6. The summed E-state index contributed by atoms with van der Waals surface area (Å²) < 4.78 is 11.5. The van der Waals surface area contributed by atoms with Gasteiger partial charge in [0.1, 0.15) is 18.1 Å². The third kappa shape index (κ3) is 5.18. The molecule has 0 saturated carbocycles. The highest BCUT2D eigenvalue weighted by Crippen LogP contribution is 2.33. The van der Waals surface area contributed by atoms with Gasteiger partial charge in [0.15, 0.2) is 0 Å². The van der Waals surface area contributed by atoms with Gasteiger partial charge < -0.3 is 14.8 Å². The summed E-state index contributed by atoms with van der Waals surface area (Å²) in [5, 5.41) is 14.5. The van der Waals surface area contributed by atoms with E-state index in [0.29, 0.717) is 18.6 Å². The topological polar surface area (TPSA) is 71.3 Å². The Morgan fingerprint density at radius 3 is 2.78 bits per heavy atom. The van der Waals surface area contributed by atoms with Gasteiger partial charge in [-0.2, -0.15) is 5.26 Å². The van der Waals surface area contributed by atoms with Crippen molar-refractivity contribution in [2.75, 3.05) is 7.11 Å². The maximum Gasteiger partial charge on any atom is 0.224 e. The molecule has 180 valence electrons. The normalized spacial score (nSPS) is 14.5. The lowest BCUT2D eigenvalue weighted by Crippen LogP contribution is -2.32. The van der Waals surface area contributed by atoms with Gasteiger partial charge in [0.05, 0.1) is 31.2 Å². The van der Waals surface area contributed by atoms with E-state index in [9.17, 15) is 10.1 Å². The monoisotopic (exact) mass is 476 g/mol. The predicted octanol–water partition coefficient (Wildman–Crippen LogP) is 6.04. The number of nitrogens with one attached hydrogen (secondary N) is 1. The van der Waals surface area contributed by atoms with E-state index in [1.165, 1.54) is 5.56 Å². The number of hydrogen-bond donors (Lipinski definition) is 1. The molecule has 4 aromatic rings. The van der Waals surface area contributed by atoms with E-state index < -0.39 is 0 Å². The molecule has 0 bridgehead atoms. The van der Waals surface area contributed by atoms with E-state index >= 15 is 0 Å². The first-order valence-corrected chi connectivity index (χ1v) is 12.2. The molecule has 36 heavy (non-hydrogen) atoms. The molecule has 5 rings (SSSR count). The molecule has 4 aromatic carbocycles. The molecule has 1 unspecified atom stereocenters. The molecule has 1 N–H and O–H groups in total. The number of carbonyl (C=O) groups is 1. The molecule has 1 amide bonds. The summed E-state index contributed by atoms with van der Waals surface area (Å²) in [5.41, 5.74) is 5.04. The molecule has 0 aromatic heterocycles. The molecular weight excluding hydrogens is 448 g/mol. The van der Waals surface area contributed by atoms with Crippen molar-refractivity contribution >= 4 is 16.7 Å². The number of nitrogens with zero attached hydrogens (tertiary/aromatic N) is 1. The van der Waals surface area contributed by atoms with Crippen molar-refractivity contribution in [2.24, 2.45) is 0 Å². The summed E-state index contributed by atoms with van der Waals surface area (Å²) in [6, 6.07) is 27.8. The molecule has 0 heterocycles. The molecule has 1 atom stereocenters. The second-order valence-electron chi connectivity index (χ2n) is 9.15. The predicted molar refractivity (Wildman–Crippen MR) is 140 cm³/mol. The number of nitriles is 1. The third-order valence-corrected chi connectivity index (χ3v) is 6.76. The van der Waals surface area contributed by atoms with Crippen LogP contribution in [0.15, 0.2) is 78.9 Å². The summed E-state index contributed by atoms with van der Waals surface area (Å²) in [4.78, 5) is 12.9. The largest absolute Gasteiger partial charge is 0.497 e. The van der Waals surface area contributed by atoms with Crippen molar-refractivity contribution in [1.82, 2.24) is 5.32 Å². The third-order valence-electron chi connectivity index (χ3n) is 6.76. The minimum Gasteiger partial charge on any atom is -0.497 e. The van der Waals surface area contributed by atoms with Crippen LogP contribution in [-0.4, -0.2) is 13.0 Å². The molecule has 1 aliphatic rings. The summed E-state index contributed by atoms with van der Waals surface area (Å²) in [6.07, 6.45) is 3.26. The minimum absolute atomic E-state index is 0.0000757. The first-order valence-electron chi connectivity index (χ1n) is 12.2. The Morgan fingerprint density at radius 1 is 1.03 bits per heavy atom. The van der Waals surface area contributed by atoms with E-state index in [-0.39, 0.29) is 11.9 Å². The number of hydrogen-bond acceptors (Lipinski definition) is 4. The number of methoxy groups -OCH3 is 1. The Bertz CT molecular complexity index is 1450. The van der Waals surface area contributed by atoms with Crippen molar-refractivity contribution in [3.8, 4) is 17.6 Å². The van der Waals surface area contributed by atoms with Crippen LogP contribution in [0, 0.1) is 11.3 Å². The lowest BCUT2D eigenvalue weighted by molar-refractivity contribution is -0.121. The van der Waals surface area contributed by atoms with Crippen LogP contribution in [0.4, 0.5) is 0 Å². The van der Waals surface area contributed by atoms with Crippen LogP contribution >= 0.6 is 0 Å². The molecule has 1 aliphatic carbocycles. The minimum atomic E-state index is -0.0302. The fourth-order valence-electron chi connectivity index (χ4n) is 4.94. The smallest absolute Gasteiger partial charge is 0.224 e. The van der Waals surface area contributed by atoms with Crippen molar-refractivity contribution in [3.63, 3.8) is 0 Å². The van der Waals surface area contributed by atoms with Crippen molar-refractivity contribution in [2.45, 2.75) is 38.3 Å². The first kappa shape index (κ1) is 23.4. The van der Waals surface area contributed by atoms with Crippen molar-refractivity contribution < 1.29 is 14.3 Å². The van der Waals surface area contributed by atoms with E-state index in [1.54, 1.807) is 7.11 Å². The second kappa shape index (κ2) is 10.5. The van der Waals surface area contributed by atoms with E-state index in [4.69, 9.17) is 9.47 Å². The maximum atomic E-state index is 12.9. The fraction of sp³-hybridized carbons (Fsp3) is 0.226. The van der Waals surface area contributed by atoms with Crippen LogP contribution in [0.3, 0.4) is 0 Å². The Morgan fingerprint density at radius 2 is 1.92 bits per heavy atom. The van der Waals surface area contributed by atoms with Crippen LogP contribution in [0.2, 0.25) is 0 Å². The Balaban J connectivity index is 1.30. The number of carbonyl (C=O) groups excluding carboxylic acids is 1. The number of benzene rings is 4. The summed E-state index contributed by atoms with van der Waals surface area (Å²) in [6.45, 7) is 0.425. The second-order valence-corrected chi connectivity index (χ2v) is 9.15. The van der Waals surface area contributed by atoms with Crippen LogP contribution in [0.5, 0.6) is 11.5 Å². The number of fused-ring (bicyclic) bond motifs is 2. The number of aryl methyl sites for hydroxylation is 1. The molecule has 0 fully saturated rings. The molecule has 5 nitrogen and oxygen atoms in total. The number of ether oxygens (including phenoxy) is 2. The zero-order valence-electron chi connectivity index (χ0n) is 20.3. The van der Waals surface area contributed by atoms with Crippen LogP contribution in [-0.2, 0) is 24.2 Å². The zero-order chi connectivity index (χ0) is 24.9. The van der Waals surface area contributed by atoms with Gasteiger partial charge in [-0.25, -0.2) is 0 Å². The lowest BCUT2D eigenvalue weighted by Gasteiger charge is -2.27. The Kier molecular flexibility index (Phi) is 6.86. The highest BCUT2D eigenvalue weighted by molar-refractivity contribution is 5.86. The number of amides is 1. The molecule has 0 radical (unpaired) electrons. The summed E-state index contributed by atoms with van der Waals surface area (Å²) in [5.74, 6) is 1.54. The fourth-order valence-corrected chi connectivity index (χ4v) is 4.94. The van der Waals surface area contributed by atoms with E-state index in [0.717, 1.165) is 58.2 Å². The van der Waals surface area contributed by atoms with Crippen LogP contribution in [0.25, 0.3) is 10.8 Å². The quantitative estimate of drug-likeness (QED) is 0.353. The van der Waals surface area contributed by atoms with Gasteiger partial charge in [-0.1, -0.05) is 42.5 Å². The maximum absolute atomic E-state index is 12.9. The highest BCUT2D eigenvalue weighted by Gasteiger charge is 2.22. The molecule has 5 heteroatoms. The molecule has 0 spiro atoms. The van der Waals surface area contributed by atoms with Gasteiger partial charge in [0.2, 0.25) is 5.91 Å². The average molecular weight is 477 g/mol. The van der Waals surface area contributed by atoms with Crippen LogP contribution in [0.1, 0.15) is 46.7 Å². The van der Waals surface area contributed by atoms with Gasteiger partial charge in [-0.15, -0.1) is 0 Å². The van der Waals surface area contributed by atoms with Gasteiger partial charge in [0.25, 0.3) is 0 Å².